The fourth-order valence-corrected chi connectivity index (χ4v) is 1.34. The Morgan fingerprint density at radius 3 is 2.87 bits per heavy atom. The van der Waals surface area contributed by atoms with Crippen LogP contribution in [0.3, 0.4) is 0 Å². The first kappa shape index (κ1) is 12.2. The van der Waals surface area contributed by atoms with Crippen molar-refractivity contribution in [3.63, 3.8) is 0 Å². The summed E-state index contributed by atoms with van der Waals surface area (Å²) in [4.78, 5) is 4.29. The Kier molecular flexibility index (Phi) is 4.29. The number of rotatable bonds is 6. The molecule has 0 aliphatic heterocycles. The minimum absolute atomic E-state index is 0.121. The summed E-state index contributed by atoms with van der Waals surface area (Å²) in [5.41, 5.74) is -0.121. The van der Waals surface area contributed by atoms with E-state index >= 15 is 0 Å². The molecular weight excluding hydrogens is 190 g/mol. The van der Waals surface area contributed by atoms with Gasteiger partial charge in [0.25, 0.3) is 0 Å². The van der Waals surface area contributed by atoms with E-state index in [0.29, 0.717) is 0 Å². The molecule has 0 aliphatic rings. The number of nitrogens with one attached hydrogen (secondary N) is 1. The zero-order valence-electron chi connectivity index (χ0n) is 10.1. The largest absolute Gasteiger partial charge is 0.377 e. The Morgan fingerprint density at radius 1 is 1.53 bits per heavy atom. The van der Waals surface area contributed by atoms with E-state index in [0.717, 1.165) is 25.5 Å². The van der Waals surface area contributed by atoms with Gasteiger partial charge in [-0.1, -0.05) is 0 Å². The van der Waals surface area contributed by atoms with Gasteiger partial charge in [-0.3, -0.25) is 0 Å². The highest BCUT2D eigenvalue weighted by Gasteiger charge is 2.15. The second kappa shape index (κ2) is 5.28. The first-order valence-corrected chi connectivity index (χ1v) is 5.35. The third-order valence-electron chi connectivity index (χ3n) is 2.53. The van der Waals surface area contributed by atoms with Crippen LogP contribution in [-0.4, -0.2) is 28.8 Å². The van der Waals surface area contributed by atoms with Crippen molar-refractivity contribution >= 4 is 0 Å². The van der Waals surface area contributed by atoms with Crippen LogP contribution in [0.4, 0.5) is 0 Å². The van der Waals surface area contributed by atoms with Crippen LogP contribution in [0.1, 0.15) is 26.6 Å². The maximum absolute atomic E-state index is 5.32. The van der Waals surface area contributed by atoms with Gasteiger partial charge < -0.3 is 14.6 Å². The number of aryl methyl sites for hydroxylation is 1. The highest BCUT2D eigenvalue weighted by Crippen LogP contribution is 2.05. The average Bonchev–Trinajstić information content (AvgIpc) is 2.65. The summed E-state index contributed by atoms with van der Waals surface area (Å²) in [7, 11) is 1.73. The lowest BCUT2D eigenvalue weighted by Crippen LogP contribution is -2.36. The first-order chi connectivity index (χ1) is 7.09. The second-order valence-electron chi connectivity index (χ2n) is 4.20. The molecule has 0 aliphatic carbocycles. The highest BCUT2D eigenvalue weighted by atomic mass is 16.5. The predicted molar refractivity (Wildman–Crippen MR) is 60.7 cm³/mol. The van der Waals surface area contributed by atoms with Crippen LogP contribution in [0, 0.1) is 0 Å². The Bertz CT molecular complexity index is 294. The number of ether oxygens (including phenoxy) is 1. The number of imidazole rings is 1. The van der Waals surface area contributed by atoms with Crippen LogP contribution >= 0.6 is 0 Å². The Morgan fingerprint density at radius 2 is 2.27 bits per heavy atom. The second-order valence-corrected chi connectivity index (χ2v) is 4.20. The predicted octanol–water partition coefficient (Wildman–Crippen LogP) is 1.42. The Balaban J connectivity index is 2.38. The van der Waals surface area contributed by atoms with Crippen molar-refractivity contribution < 1.29 is 4.74 Å². The zero-order valence-corrected chi connectivity index (χ0v) is 10.1. The normalized spacial score (nSPS) is 12.0. The van der Waals surface area contributed by atoms with Crippen molar-refractivity contribution in [3.8, 4) is 0 Å². The molecule has 4 heteroatoms. The van der Waals surface area contributed by atoms with E-state index in [2.05, 4.69) is 35.6 Å². The lowest BCUT2D eigenvalue weighted by atomic mass is 10.1. The van der Waals surface area contributed by atoms with E-state index in [1.807, 2.05) is 12.4 Å². The number of methoxy groups -OCH3 is 1. The molecule has 0 amide bonds. The molecule has 0 radical (unpaired) electrons. The van der Waals surface area contributed by atoms with Gasteiger partial charge in [-0.15, -0.1) is 0 Å². The maximum Gasteiger partial charge on any atom is 0.122 e. The molecule has 0 unspecified atom stereocenters. The van der Waals surface area contributed by atoms with E-state index in [-0.39, 0.29) is 5.60 Å². The molecule has 4 nitrogen and oxygen atoms in total. The number of hydrogen-bond donors (Lipinski definition) is 1. The van der Waals surface area contributed by atoms with Crippen LogP contribution in [0.15, 0.2) is 12.4 Å². The fourth-order valence-electron chi connectivity index (χ4n) is 1.34. The van der Waals surface area contributed by atoms with Crippen molar-refractivity contribution in [3.05, 3.63) is 18.2 Å². The smallest absolute Gasteiger partial charge is 0.122 e. The first-order valence-electron chi connectivity index (χ1n) is 5.35. The van der Waals surface area contributed by atoms with Gasteiger partial charge in [0.2, 0.25) is 0 Å². The number of nitrogens with zero attached hydrogens (tertiary/aromatic N) is 2. The van der Waals surface area contributed by atoms with E-state index in [1.165, 1.54) is 0 Å². The highest BCUT2D eigenvalue weighted by molar-refractivity contribution is 4.91. The molecule has 1 rings (SSSR count). The summed E-state index contributed by atoms with van der Waals surface area (Å²) in [6.45, 7) is 8.81. The van der Waals surface area contributed by atoms with Gasteiger partial charge in [0, 0.05) is 32.6 Å². The lowest BCUT2D eigenvalue weighted by Gasteiger charge is -2.23. The van der Waals surface area contributed by atoms with Crippen molar-refractivity contribution in [1.29, 1.82) is 0 Å². The van der Waals surface area contributed by atoms with Crippen molar-refractivity contribution in [1.82, 2.24) is 14.9 Å². The molecule has 86 valence electrons. The van der Waals surface area contributed by atoms with E-state index < -0.39 is 0 Å². The van der Waals surface area contributed by atoms with Crippen LogP contribution in [0.5, 0.6) is 0 Å². The summed E-state index contributed by atoms with van der Waals surface area (Å²) in [5.74, 6) is 1.07. The van der Waals surface area contributed by atoms with E-state index in [4.69, 9.17) is 4.74 Å². The quantitative estimate of drug-likeness (QED) is 0.773. The van der Waals surface area contributed by atoms with Crippen molar-refractivity contribution in [2.75, 3.05) is 13.7 Å². The molecule has 0 fully saturated rings. The number of hydrogen-bond acceptors (Lipinski definition) is 3. The van der Waals surface area contributed by atoms with Crippen molar-refractivity contribution in [2.24, 2.45) is 0 Å². The van der Waals surface area contributed by atoms with Gasteiger partial charge in [0.05, 0.1) is 12.1 Å². The third-order valence-corrected chi connectivity index (χ3v) is 2.53. The monoisotopic (exact) mass is 211 g/mol. The minimum Gasteiger partial charge on any atom is -0.377 e. The van der Waals surface area contributed by atoms with Crippen LogP contribution in [-0.2, 0) is 17.8 Å². The molecule has 0 saturated carbocycles. The molecule has 0 atom stereocenters. The molecular formula is C11H21N3O. The summed E-state index contributed by atoms with van der Waals surface area (Å²) < 4.78 is 7.46. The molecule has 0 bridgehead atoms. The summed E-state index contributed by atoms with van der Waals surface area (Å²) in [6.07, 6.45) is 3.83. The third kappa shape index (κ3) is 3.64. The van der Waals surface area contributed by atoms with Crippen LogP contribution < -0.4 is 5.32 Å². The van der Waals surface area contributed by atoms with Gasteiger partial charge in [0.1, 0.15) is 5.82 Å². The minimum atomic E-state index is -0.121. The molecule has 0 spiro atoms. The van der Waals surface area contributed by atoms with Gasteiger partial charge >= 0.3 is 0 Å². The van der Waals surface area contributed by atoms with Gasteiger partial charge in [-0.05, 0) is 20.8 Å². The van der Waals surface area contributed by atoms with E-state index in [9.17, 15) is 0 Å². The van der Waals surface area contributed by atoms with Crippen LogP contribution in [0.25, 0.3) is 0 Å². The van der Waals surface area contributed by atoms with E-state index in [1.54, 1.807) is 7.11 Å². The molecule has 0 aromatic carbocycles. The maximum atomic E-state index is 5.32. The molecule has 1 heterocycles. The fraction of sp³-hybridized carbons (Fsp3) is 0.727. The van der Waals surface area contributed by atoms with Crippen molar-refractivity contribution in [2.45, 2.75) is 39.5 Å². The SMILES string of the molecule is CCn1ccnc1CNCC(C)(C)OC. The van der Waals surface area contributed by atoms with Gasteiger partial charge in [-0.2, -0.15) is 0 Å². The zero-order chi connectivity index (χ0) is 11.3. The summed E-state index contributed by atoms with van der Waals surface area (Å²) >= 11 is 0. The standard InChI is InChI=1S/C11H21N3O/c1-5-14-7-6-13-10(14)8-12-9-11(2,3)15-4/h6-7,12H,5,8-9H2,1-4H3. The Hall–Kier alpha value is -0.870. The lowest BCUT2D eigenvalue weighted by molar-refractivity contribution is 0.0229. The molecule has 15 heavy (non-hydrogen) atoms. The topological polar surface area (TPSA) is 39.1 Å². The molecule has 1 aromatic rings. The molecule has 0 saturated heterocycles. The Labute approximate surface area is 91.7 Å². The summed E-state index contributed by atoms with van der Waals surface area (Å²) in [5, 5.41) is 3.35. The summed E-state index contributed by atoms with van der Waals surface area (Å²) in [6, 6.07) is 0. The molecule has 1 N–H and O–H groups in total. The number of aromatic nitrogens is 2. The van der Waals surface area contributed by atoms with Gasteiger partial charge in [-0.25, -0.2) is 4.98 Å². The molecule has 1 aromatic heterocycles. The van der Waals surface area contributed by atoms with Gasteiger partial charge in [0.15, 0.2) is 0 Å². The van der Waals surface area contributed by atoms with Crippen LogP contribution in [0.2, 0.25) is 0 Å². The average molecular weight is 211 g/mol.